The smallest absolute Gasteiger partial charge is 0.321 e. The maximum absolute atomic E-state index is 12.0. The number of nitrogens with zero attached hydrogens (tertiary/aromatic N) is 1. The van der Waals surface area contributed by atoms with Gasteiger partial charge >= 0.3 is 11.9 Å². The Balaban J connectivity index is 2.70. The van der Waals surface area contributed by atoms with Gasteiger partial charge in [-0.15, -0.1) is 0 Å². The van der Waals surface area contributed by atoms with Gasteiger partial charge in [0.25, 0.3) is 0 Å². The van der Waals surface area contributed by atoms with E-state index in [0.29, 0.717) is 19.3 Å². The molecule has 1 rings (SSSR count). The highest BCUT2D eigenvalue weighted by Crippen LogP contribution is 2.32. The number of rotatable bonds is 5. The number of esters is 2. The summed E-state index contributed by atoms with van der Waals surface area (Å²) in [6.45, 7) is 3.64. The van der Waals surface area contributed by atoms with Crippen molar-refractivity contribution >= 4 is 11.9 Å². The van der Waals surface area contributed by atoms with E-state index in [1.165, 1.54) is 0 Å². The van der Waals surface area contributed by atoms with Crippen molar-refractivity contribution < 1.29 is 19.1 Å². The lowest BCUT2D eigenvalue weighted by molar-refractivity contribution is -0.170. The van der Waals surface area contributed by atoms with Gasteiger partial charge in [0, 0.05) is 12.8 Å². The van der Waals surface area contributed by atoms with Crippen molar-refractivity contribution in [3.05, 3.63) is 0 Å². The molecular formula is C14H21NO4. The fraction of sp³-hybridized carbons (Fsp3) is 0.786. The third kappa shape index (κ3) is 3.95. The van der Waals surface area contributed by atoms with E-state index in [4.69, 9.17) is 9.47 Å². The first-order chi connectivity index (χ1) is 9.08. The SMILES string of the molecule is CCOC(=O)C(CC)C(=O)OC1(C#N)CCCCC1. The Morgan fingerprint density at radius 3 is 2.32 bits per heavy atom. The Labute approximate surface area is 113 Å². The molecule has 106 valence electrons. The second kappa shape index (κ2) is 7.13. The Hall–Kier alpha value is -1.57. The van der Waals surface area contributed by atoms with Gasteiger partial charge in [0.05, 0.1) is 6.61 Å². The summed E-state index contributed by atoms with van der Waals surface area (Å²) in [4.78, 5) is 23.7. The van der Waals surface area contributed by atoms with Gasteiger partial charge in [-0.05, 0) is 26.2 Å². The van der Waals surface area contributed by atoms with Gasteiger partial charge in [-0.3, -0.25) is 9.59 Å². The van der Waals surface area contributed by atoms with E-state index in [1.54, 1.807) is 13.8 Å². The van der Waals surface area contributed by atoms with Crippen molar-refractivity contribution in [2.75, 3.05) is 6.61 Å². The molecule has 1 saturated carbocycles. The van der Waals surface area contributed by atoms with Gasteiger partial charge in [-0.1, -0.05) is 13.3 Å². The molecule has 19 heavy (non-hydrogen) atoms. The maximum Gasteiger partial charge on any atom is 0.321 e. The summed E-state index contributed by atoms with van der Waals surface area (Å²) in [5.41, 5.74) is -1.05. The minimum Gasteiger partial charge on any atom is -0.465 e. The highest BCUT2D eigenvalue weighted by atomic mass is 16.6. The molecule has 0 aliphatic heterocycles. The molecule has 0 N–H and O–H groups in total. The van der Waals surface area contributed by atoms with E-state index >= 15 is 0 Å². The van der Waals surface area contributed by atoms with Crippen LogP contribution in [0.4, 0.5) is 0 Å². The van der Waals surface area contributed by atoms with Crippen LogP contribution in [0.3, 0.4) is 0 Å². The van der Waals surface area contributed by atoms with Gasteiger partial charge < -0.3 is 9.47 Å². The van der Waals surface area contributed by atoms with Crippen LogP contribution in [0, 0.1) is 17.2 Å². The summed E-state index contributed by atoms with van der Waals surface area (Å²) in [6.07, 6.45) is 4.21. The van der Waals surface area contributed by atoms with Gasteiger partial charge in [0.1, 0.15) is 6.07 Å². The molecule has 5 nitrogen and oxygen atoms in total. The lowest BCUT2D eigenvalue weighted by atomic mass is 9.85. The quantitative estimate of drug-likeness (QED) is 0.564. The van der Waals surface area contributed by atoms with Crippen molar-refractivity contribution in [1.82, 2.24) is 0 Å². The van der Waals surface area contributed by atoms with E-state index in [0.717, 1.165) is 19.3 Å². The molecule has 0 heterocycles. The fourth-order valence-corrected chi connectivity index (χ4v) is 2.30. The first-order valence-corrected chi connectivity index (χ1v) is 6.89. The molecule has 0 bridgehead atoms. The number of carbonyl (C=O) groups excluding carboxylic acids is 2. The Bertz CT molecular complexity index is 366. The molecule has 0 amide bonds. The van der Waals surface area contributed by atoms with Gasteiger partial charge in [0.2, 0.25) is 0 Å². The van der Waals surface area contributed by atoms with Crippen molar-refractivity contribution in [1.29, 1.82) is 5.26 Å². The highest BCUT2D eigenvalue weighted by molar-refractivity contribution is 5.95. The molecular weight excluding hydrogens is 246 g/mol. The van der Waals surface area contributed by atoms with E-state index in [1.807, 2.05) is 0 Å². The van der Waals surface area contributed by atoms with Crippen LogP contribution in [-0.4, -0.2) is 24.1 Å². The molecule has 1 atom stereocenters. The third-order valence-electron chi connectivity index (χ3n) is 3.42. The monoisotopic (exact) mass is 267 g/mol. The summed E-state index contributed by atoms with van der Waals surface area (Å²) in [6, 6.07) is 2.10. The van der Waals surface area contributed by atoms with Gasteiger partial charge in [0.15, 0.2) is 11.5 Å². The molecule has 0 saturated heterocycles. The number of hydrogen-bond donors (Lipinski definition) is 0. The van der Waals surface area contributed by atoms with Crippen molar-refractivity contribution in [2.24, 2.45) is 5.92 Å². The standard InChI is InChI=1S/C14H21NO4/c1-3-11(12(16)18-4-2)13(17)19-14(10-15)8-6-5-7-9-14/h11H,3-9H2,1-2H3. The summed E-state index contributed by atoms with van der Waals surface area (Å²) in [5.74, 6) is -2.13. The van der Waals surface area contributed by atoms with E-state index in [9.17, 15) is 14.9 Å². The van der Waals surface area contributed by atoms with Crippen LogP contribution in [0.15, 0.2) is 0 Å². The lowest BCUT2D eigenvalue weighted by Crippen LogP contribution is -2.39. The van der Waals surface area contributed by atoms with Crippen molar-refractivity contribution in [2.45, 2.75) is 58.0 Å². The average Bonchev–Trinajstić information content (AvgIpc) is 2.41. The van der Waals surface area contributed by atoms with Crippen LogP contribution >= 0.6 is 0 Å². The van der Waals surface area contributed by atoms with Gasteiger partial charge in [-0.25, -0.2) is 0 Å². The van der Waals surface area contributed by atoms with Crippen molar-refractivity contribution in [3.63, 3.8) is 0 Å². The maximum atomic E-state index is 12.0. The minimum absolute atomic E-state index is 0.228. The summed E-state index contributed by atoms with van der Waals surface area (Å²) < 4.78 is 10.2. The molecule has 5 heteroatoms. The van der Waals surface area contributed by atoms with Crippen LogP contribution in [0.2, 0.25) is 0 Å². The Kier molecular flexibility index (Phi) is 5.81. The molecule has 1 fully saturated rings. The van der Waals surface area contributed by atoms with E-state index < -0.39 is 23.5 Å². The molecule has 1 aliphatic rings. The predicted molar refractivity (Wildman–Crippen MR) is 67.9 cm³/mol. The Morgan fingerprint density at radius 1 is 1.21 bits per heavy atom. The second-order valence-electron chi connectivity index (χ2n) is 4.80. The first-order valence-electron chi connectivity index (χ1n) is 6.89. The fourth-order valence-electron chi connectivity index (χ4n) is 2.30. The second-order valence-corrected chi connectivity index (χ2v) is 4.80. The summed E-state index contributed by atoms with van der Waals surface area (Å²) >= 11 is 0. The number of ether oxygens (including phenoxy) is 2. The zero-order valence-electron chi connectivity index (χ0n) is 11.6. The summed E-state index contributed by atoms with van der Waals surface area (Å²) in [5, 5.41) is 9.24. The lowest BCUT2D eigenvalue weighted by Gasteiger charge is -2.31. The van der Waals surface area contributed by atoms with Crippen LogP contribution in [0.5, 0.6) is 0 Å². The zero-order valence-corrected chi connectivity index (χ0v) is 11.6. The van der Waals surface area contributed by atoms with E-state index in [2.05, 4.69) is 6.07 Å². The molecule has 0 aromatic heterocycles. The molecule has 0 aromatic rings. The normalized spacial score (nSPS) is 19.0. The molecule has 0 spiro atoms. The molecule has 0 aromatic carbocycles. The Morgan fingerprint density at radius 2 is 1.84 bits per heavy atom. The average molecular weight is 267 g/mol. The van der Waals surface area contributed by atoms with Gasteiger partial charge in [-0.2, -0.15) is 5.26 Å². The highest BCUT2D eigenvalue weighted by Gasteiger charge is 2.39. The number of nitriles is 1. The third-order valence-corrected chi connectivity index (χ3v) is 3.42. The molecule has 0 radical (unpaired) electrons. The number of hydrogen-bond acceptors (Lipinski definition) is 5. The van der Waals surface area contributed by atoms with Crippen LogP contribution < -0.4 is 0 Å². The minimum atomic E-state index is -1.05. The van der Waals surface area contributed by atoms with Crippen LogP contribution in [-0.2, 0) is 19.1 Å². The number of carbonyl (C=O) groups is 2. The first kappa shape index (κ1) is 15.5. The molecule has 1 unspecified atom stereocenters. The van der Waals surface area contributed by atoms with E-state index in [-0.39, 0.29) is 6.61 Å². The summed E-state index contributed by atoms with van der Waals surface area (Å²) in [7, 11) is 0. The van der Waals surface area contributed by atoms with Crippen LogP contribution in [0.1, 0.15) is 52.4 Å². The molecule has 1 aliphatic carbocycles. The van der Waals surface area contributed by atoms with Crippen molar-refractivity contribution in [3.8, 4) is 6.07 Å². The largest absolute Gasteiger partial charge is 0.465 e. The van der Waals surface area contributed by atoms with Crippen LogP contribution in [0.25, 0.3) is 0 Å². The predicted octanol–water partition coefficient (Wildman–Crippen LogP) is 2.35. The zero-order chi connectivity index (χ0) is 14.3. The topological polar surface area (TPSA) is 76.4 Å².